The molecule has 0 spiro atoms. The maximum atomic E-state index is 5.71. The Morgan fingerprint density at radius 3 is 2.94 bits per heavy atom. The lowest BCUT2D eigenvalue weighted by molar-refractivity contribution is 0.347. The van der Waals surface area contributed by atoms with Crippen LogP contribution in [0.25, 0.3) is 11.4 Å². The Morgan fingerprint density at radius 1 is 1.56 bits per heavy atom. The quantitative estimate of drug-likeness (QED) is 0.810. The second-order valence-electron chi connectivity index (χ2n) is 4.31. The van der Waals surface area contributed by atoms with E-state index in [1.54, 1.807) is 10.9 Å². The summed E-state index contributed by atoms with van der Waals surface area (Å²) in [7, 11) is 1.85. The largest absolute Gasteiger partial charge is 0.338 e. The maximum Gasteiger partial charge on any atom is 0.234 e. The van der Waals surface area contributed by atoms with Gasteiger partial charge in [0.1, 0.15) is 0 Å². The molecule has 2 aromatic heterocycles. The Bertz CT molecular complexity index is 511. The van der Waals surface area contributed by atoms with Crippen molar-refractivity contribution in [3.05, 3.63) is 18.3 Å². The summed E-state index contributed by atoms with van der Waals surface area (Å²) >= 11 is 0. The Balaban J connectivity index is 1.94. The summed E-state index contributed by atoms with van der Waals surface area (Å²) in [6.07, 6.45) is 5.66. The molecule has 6 nitrogen and oxygen atoms in total. The fraction of sp³-hybridized carbons (Fsp3) is 0.500. The molecule has 0 unspecified atom stereocenters. The highest BCUT2D eigenvalue weighted by Crippen LogP contribution is 2.46. The standard InChI is InChI=1S/C10H13N5O/c1-15-5-7(4-12-15)8-13-9(16-14-8)10(6-11)2-3-10/h4-5H,2-3,6,11H2,1H3. The molecule has 0 bridgehead atoms. The number of nitrogens with two attached hydrogens (primary N) is 1. The molecule has 2 aromatic rings. The number of aryl methyl sites for hydroxylation is 1. The van der Waals surface area contributed by atoms with Gasteiger partial charge in [-0.15, -0.1) is 0 Å². The summed E-state index contributed by atoms with van der Waals surface area (Å²) in [5.41, 5.74) is 6.53. The van der Waals surface area contributed by atoms with Crippen LogP contribution in [0.15, 0.2) is 16.9 Å². The molecule has 0 atom stereocenters. The van der Waals surface area contributed by atoms with Gasteiger partial charge in [0.25, 0.3) is 0 Å². The van der Waals surface area contributed by atoms with Gasteiger partial charge in [0.05, 0.1) is 17.2 Å². The van der Waals surface area contributed by atoms with E-state index in [1.165, 1.54) is 0 Å². The Morgan fingerprint density at radius 2 is 2.38 bits per heavy atom. The molecule has 1 saturated carbocycles. The Labute approximate surface area is 92.4 Å². The van der Waals surface area contributed by atoms with Crippen molar-refractivity contribution in [3.8, 4) is 11.4 Å². The van der Waals surface area contributed by atoms with Crippen LogP contribution < -0.4 is 5.73 Å². The topological polar surface area (TPSA) is 82.8 Å². The van der Waals surface area contributed by atoms with Crippen molar-refractivity contribution < 1.29 is 4.52 Å². The molecule has 0 amide bonds. The van der Waals surface area contributed by atoms with Gasteiger partial charge in [0.2, 0.25) is 11.7 Å². The van der Waals surface area contributed by atoms with Crippen LogP contribution in [0, 0.1) is 0 Å². The molecule has 0 aliphatic heterocycles. The van der Waals surface area contributed by atoms with Gasteiger partial charge >= 0.3 is 0 Å². The molecule has 6 heteroatoms. The van der Waals surface area contributed by atoms with E-state index in [4.69, 9.17) is 10.3 Å². The SMILES string of the molecule is Cn1cc(-c2noc(C3(CN)CC3)n2)cn1. The number of hydrogen-bond acceptors (Lipinski definition) is 5. The number of hydrogen-bond donors (Lipinski definition) is 1. The summed E-state index contributed by atoms with van der Waals surface area (Å²) in [6.45, 7) is 0.571. The smallest absolute Gasteiger partial charge is 0.234 e. The summed E-state index contributed by atoms with van der Waals surface area (Å²) < 4.78 is 6.98. The summed E-state index contributed by atoms with van der Waals surface area (Å²) in [4.78, 5) is 4.39. The lowest BCUT2D eigenvalue weighted by Gasteiger charge is -2.03. The van der Waals surface area contributed by atoms with Gasteiger partial charge in [-0.1, -0.05) is 5.16 Å². The molecular formula is C10H13N5O. The first-order chi connectivity index (χ1) is 7.73. The van der Waals surface area contributed by atoms with Gasteiger partial charge in [-0.2, -0.15) is 10.1 Å². The molecule has 0 radical (unpaired) electrons. The van der Waals surface area contributed by atoms with Crippen molar-refractivity contribution in [3.63, 3.8) is 0 Å². The monoisotopic (exact) mass is 219 g/mol. The third-order valence-corrected chi connectivity index (χ3v) is 3.09. The van der Waals surface area contributed by atoms with Crippen molar-refractivity contribution in [1.29, 1.82) is 0 Å². The lowest BCUT2D eigenvalue weighted by Crippen LogP contribution is -2.19. The zero-order valence-electron chi connectivity index (χ0n) is 9.05. The van der Waals surface area contributed by atoms with Gasteiger partial charge in [0.15, 0.2) is 0 Å². The van der Waals surface area contributed by atoms with Crippen molar-refractivity contribution in [2.75, 3.05) is 6.54 Å². The van der Waals surface area contributed by atoms with Crippen LogP contribution in [-0.2, 0) is 12.5 Å². The number of rotatable bonds is 3. The molecule has 84 valence electrons. The zero-order valence-corrected chi connectivity index (χ0v) is 9.05. The molecule has 0 saturated heterocycles. The van der Waals surface area contributed by atoms with Crippen molar-refractivity contribution in [2.24, 2.45) is 12.8 Å². The predicted octanol–water partition coefficient (Wildman–Crippen LogP) is 0.460. The minimum atomic E-state index is -0.0482. The molecule has 3 rings (SSSR count). The molecule has 0 aromatic carbocycles. The predicted molar refractivity (Wildman–Crippen MR) is 56.5 cm³/mol. The van der Waals surface area contributed by atoms with Crippen LogP contribution in [0.1, 0.15) is 18.7 Å². The van der Waals surface area contributed by atoms with E-state index < -0.39 is 0 Å². The number of aromatic nitrogens is 4. The van der Waals surface area contributed by atoms with E-state index in [1.807, 2.05) is 13.2 Å². The van der Waals surface area contributed by atoms with E-state index in [-0.39, 0.29) is 5.41 Å². The first kappa shape index (κ1) is 9.53. The van der Waals surface area contributed by atoms with E-state index in [0.29, 0.717) is 18.3 Å². The highest BCUT2D eigenvalue weighted by Gasteiger charge is 2.48. The lowest BCUT2D eigenvalue weighted by atomic mass is 10.1. The fourth-order valence-electron chi connectivity index (χ4n) is 1.75. The van der Waals surface area contributed by atoms with Gasteiger partial charge in [0, 0.05) is 19.8 Å². The Kier molecular flexibility index (Phi) is 1.88. The first-order valence-corrected chi connectivity index (χ1v) is 5.27. The third kappa shape index (κ3) is 1.34. The van der Waals surface area contributed by atoms with E-state index in [2.05, 4.69) is 15.2 Å². The normalized spacial score (nSPS) is 17.6. The minimum absolute atomic E-state index is 0.0482. The van der Waals surface area contributed by atoms with Crippen LogP contribution in [0.3, 0.4) is 0 Å². The molecule has 1 aliphatic rings. The fourth-order valence-corrected chi connectivity index (χ4v) is 1.75. The highest BCUT2D eigenvalue weighted by atomic mass is 16.5. The maximum absolute atomic E-state index is 5.71. The molecule has 2 heterocycles. The van der Waals surface area contributed by atoms with E-state index in [9.17, 15) is 0 Å². The number of nitrogens with zero attached hydrogens (tertiary/aromatic N) is 4. The van der Waals surface area contributed by atoms with Crippen molar-refractivity contribution >= 4 is 0 Å². The highest BCUT2D eigenvalue weighted by molar-refractivity contribution is 5.51. The van der Waals surface area contributed by atoms with E-state index in [0.717, 1.165) is 18.4 Å². The van der Waals surface area contributed by atoms with Gasteiger partial charge in [-0.3, -0.25) is 4.68 Å². The summed E-state index contributed by atoms with van der Waals surface area (Å²) in [5.74, 6) is 1.25. The summed E-state index contributed by atoms with van der Waals surface area (Å²) in [6, 6.07) is 0. The van der Waals surface area contributed by atoms with Crippen molar-refractivity contribution in [2.45, 2.75) is 18.3 Å². The molecule has 1 aliphatic carbocycles. The van der Waals surface area contributed by atoms with E-state index >= 15 is 0 Å². The van der Waals surface area contributed by atoms with Crippen LogP contribution in [0.4, 0.5) is 0 Å². The third-order valence-electron chi connectivity index (χ3n) is 3.09. The van der Waals surface area contributed by atoms with Crippen LogP contribution in [0.2, 0.25) is 0 Å². The van der Waals surface area contributed by atoms with Gasteiger partial charge < -0.3 is 10.3 Å². The van der Waals surface area contributed by atoms with Crippen LogP contribution >= 0.6 is 0 Å². The Hall–Kier alpha value is -1.69. The second-order valence-corrected chi connectivity index (χ2v) is 4.31. The zero-order chi connectivity index (χ0) is 11.2. The average Bonchev–Trinajstić information content (AvgIpc) is 2.74. The molecular weight excluding hydrogens is 206 g/mol. The second kappa shape index (κ2) is 3.15. The molecule has 1 fully saturated rings. The first-order valence-electron chi connectivity index (χ1n) is 5.27. The molecule has 2 N–H and O–H groups in total. The van der Waals surface area contributed by atoms with Gasteiger partial charge in [-0.25, -0.2) is 0 Å². The molecule has 16 heavy (non-hydrogen) atoms. The minimum Gasteiger partial charge on any atom is -0.338 e. The van der Waals surface area contributed by atoms with Crippen LogP contribution in [-0.4, -0.2) is 26.5 Å². The van der Waals surface area contributed by atoms with Crippen LogP contribution in [0.5, 0.6) is 0 Å². The van der Waals surface area contributed by atoms with Gasteiger partial charge in [-0.05, 0) is 12.8 Å². The summed E-state index contributed by atoms with van der Waals surface area (Å²) in [5, 5.41) is 8.03. The average molecular weight is 219 g/mol. The van der Waals surface area contributed by atoms with Crippen molar-refractivity contribution in [1.82, 2.24) is 19.9 Å².